The van der Waals surface area contributed by atoms with Crippen LogP contribution >= 0.6 is 0 Å². The van der Waals surface area contributed by atoms with Gasteiger partial charge in [0.05, 0.1) is 19.2 Å². The second-order valence-electron chi connectivity index (χ2n) is 9.10. The molecule has 2 aromatic heterocycles. The van der Waals surface area contributed by atoms with Crippen LogP contribution in [0.1, 0.15) is 33.6 Å². The number of benzene rings is 2. The van der Waals surface area contributed by atoms with Gasteiger partial charge < -0.3 is 19.8 Å². The topological polar surface area (TPSA) is 110 Å². The summed E-state index contributed by atoms with van der Waals surface area (Å²) < 4.78 is 39.1. The number of aromatic nitrogens is 2. The van der Waals surface area contributed by atoms with Gasteiger partial charge >= 0.3 is 5.97 Å². The maximum Gasteiger partial charge on any atom is 0.307 e. The van der Waals surface area contributed by atoms with Crippen molar-refractivity contribution >= 4 is 17.7 Å². The minimum atomic E-state index is -0.613. The summed E-state index contributed by atoms with van der Waals surface area (Å²) in [6.45, 7) is 1.94. The number of halogens is 2. The molecule has 0 saturated carbocycles. The molecule has 40 heavy (non-hydrogen) atoms. The molecule has 0 fully saturated rings. The second kappa shape index (κ2) is 12.8. The van der Waals surface area contributed by atoms with Crippen LogP contribution in [0.5, 0.6) is 11.5 Å². The van der Waals surface area contributed by atoms with E-state index in [1.165, 1.54) is 31.5 Å². The molecule has 2 N–H and O–H groups in total. The number of aromatic amines is 1. The first kappa shape index (κ1) is 28.2. The molecule has 2 aromatic carbocycles. The first-order valence-corrected chi connectivity index (χ1v) is 12.4. The van der Waals surface area contributed by atoms with E-state index in [0.29, 0.717) is 17.0 Å². The van der Waals surface area contributed by atoms with Gasteiger partial charge in [0.1, 0.15) is 34.6 Å². The van der Waals surface area contributed by atoms with Crippen LogP contribution in [0.4, 0.5) is 8.78 Å². The second-order valence-corrected chi connectivity index (χ2v) is 9.10. The van der Waals surface area contributed by atoms with Gasteiger partial charge in [-0.15, -0.1) is 0 Å². The quantitative estimate of drug-likeness (QED) is 0.253. The number of hydrogen-bond acceptors (Lipinski definition) is 6. The third-order valence-corrected chi connectivity index (χ3v) is 6.03. The van der Waals surface area contributed by atoms with E-state index in [1.807, 2.05) is 6.92 Å². The molecule has 4 rings (SSSR count). The molecule has 0 saturated heterocycles. The molecule has 8 nitrogen and oxygen atoms in total. The minimum Gasteiger partial charge on any atom is -0.469 e. The lowest BCUT2D eigenvalue weighted by Crippen LogP contribution is -2.26. The lowest BCUT2D eigenvalue weighted by atomic mass is 10.0. The Labute approximate surface area is 229 Å². The molecule has 10 heteroatoms. The Kier molecular flexibility index (Phi) is 9.00. The number of ether oxygens (including phenoxy) is 2. The van der Waals surface area contributed by atoms with Gasteiger partial charge in [-0.1, -0.05) is 23.8 Å². The number of ketones is 1. The first-order chi connectivity index (χ1) is 19.2. The van der Waals surface area contributed by atoms with E-state index in [4.69, 9.17) is 4.74 Å². The van der Waals surface area contributed by atoms with Crippen LogP contribution in [0.2, 0.25) is 0 Å². The van der Waals surface area contributed by atoms with Gasteiger partial charge in [0, 0.05) is 49.5 Å². The highest BCUT2D eigenvalue weighted by atomic mass is 19.1. The van der Waals surface area contributed by atoms with Crippen molar-refractivity contribution in [3.63, 3.8) is 0 Å². The Morgan fingerprint density at radius 3 is 2.48 bits per heavy atom. The van der Waals surface area contributed by atoms with Crippen LogP contribution < -0.4 is 10.1 Å². The number of pyridine rings is 1. The Morgan fingerprint density at radius 1 is 0.925 bits per heavy atom. The SMILES string of the molecule is COC(=O)CCNC(=O)c1cc(-c2cc(Oc3ccc(CC(=O)Cc4cc(C)ccc4F)c(F)c3)ccn2)c[nH]1. The third-order valence-electron chi connectivity index (χ3n) is 6.03. The molecule has 4 aromatic rings. The van der Waals surface area contributed by atoms with Gasteiger partial charge in [0.2, 0.25) is 0 Å². The van der Waals surface area contributed by atoms with Crippen molar-refractivity contribution < 1.29 is 32.6 Å². The number of esters is 1. The predicted molar refractivity (Wildman–Crippen MR) is 143 cm³/mol. The van der Waals surface area contributed by atoms with Crippen LogP contribution in [-0.2, 0) is 27.2 Å². The maximum absolute atomic E-state index is 14.8. The van der Waals surface area contributed by atoms with Gasteiger partial charge in [0.15, 0.2) is 0 Å². The van der Waals surface area contributed by atoms with Gasteiger partial charge in [-0.3, -0.25) is 19.4 Å². The number of amides is 1. The van der Waals surface area contributed by atoms with Gasteiger partial charge in [-0.05, 0) is 42.3 Å². The summed E-state index contributed by atoms with van der Waals surface area (Å²) in [5.41, 5.74) is 2.72. The molecule has 0 aliphatic carbocycles. The van der Waals surface area contributed by atoms with Crippen LogP contribution in [-0.4, -0.2) is 41.3 Å². The molecular weight excluding hydrogens is 520 g/mol. The molecule has 0 aliphatic rings. The van der Waals surface area contributed by atoms with Crippen molar-refractivity contribution in [1.29, 1.82) is 0 Å². The largest absolute Gasteiger partial charge is 0.469 e. The van der Waals surface area contributed by atoms with Crippen molar-refractivity contribution in [3.05, 3.63) is 101 Å². The van der Waals surface area contributed by atoms with Crippen LogP contribution in [0.3, 0.4) is 0 Å². The highest BCUT2D eigenvalue weighted by Crippen LogP contribution is 2.27. The molecule has 0 aliphatic heterocycles. The first-order valence-electron chi connectivity index (χ1n) is 12.4. The van der Waals surface area contributed by atoms with Crippen LogP contribution in [0, 0.1) is 18.6 Å². The highest BCUT2D eigenvalue weighted by molar-refractivity contribution is 5.94. The van der Waals surface area contributed by atoms with Gasteiger partial charge in [-0.2, -0.15) is 0 Å². The van der Waals surface area contributed by atoms with E-state index < -0.39 is 17.6 Å². The fourth-order valence-corrected chi connectivity index (χ4v) is 3.98. The van der Waals surface area contributed by atoms with E-state index in [-0.39, 0.29) is 60.1 Å². The summed E-state index contributed by atoms with van der Waals surface area (Å²) in [5.74, 6) is -1.59. The summed E-state index contributed by atoms with van der Waals surface area (Å²) in [4.78, 5) is 43.1. The standard InChI is InChI=1S/C30H27F2N3O5/c1-18-3-6-25(31)20(11-18)13-22(36)12-19-4-5-23(15-26(19)32)40-24-7-9-33-27(16-24)21-14-28(35-17-21)30(38)34-10-8-29(37)39-2/h3-7,9,11,14-17,35H,8,10,12-13H2,1-2H3,(H,34,38). The summed E-state index contributed by atoms with van der Waals surface area (Å²) in [7, 11) is 1.28. The predicted octanol–water partition coefficient (Wildman–Crippen LogP) is 5.10. The molecule has 0 atom stereocenters. The van der Waals surface area contributed by atoms with Crippen molar-refractivity contribution in [2.75, 3.05) is 13.7 Å². The molecule has 0 spiro atoms. The van der Waals surface area contributed by atoms with Crippen LogP contribution in [0.15, 0.2) is 67.0 Å². The van der Waals surface area contributed by atoms with Crippen LogP contribution in [0.25, 0.3) is 11.3 Å². The van der Waals surface area contributed by atoms with E-state index >= 15 is 0 Å². The number of H-pyrrole nitrogens is 1. The molecule has 1 amide bonds. The Balaban J connectivity index is 1.38. The average Bonchev–Trinajstić information content (AvgIpc) is 3.43. The molecule has 0 radical (unpaired) electrons. The Morgan fingerprint density at radius 2 is 1.70 bits per heavy atom. The zero-order valence-electron chi connectivity index (χ0n) is 21.9. The number of carbonyl (C=O) groups is 3. The third kappa shape index (κ3) is 7.37. The number of nitrogens with one attached hydrogen (secondary N) is 2. The van der Waals surface area contributed by atoms with E-state index in [1.54, 1.807) is 42.6 Å². The van der Waals surface area contributed by atoms with E-state index in [2.05, 4.69) is 20.0 Å². The molecule has 2 heterocycles. The monoisotopic (exact) mass is 547 g/mol. The molecule has 0 bridgehead atoms. The number of carbonyl (C=O) groups excluding carboxylic acids is 3. The van der Waals surface area contributed by atoms with E-state index in [0.717, 1.165) is 5.56 Å². The van der Waals surface area contributed by atoms with Gasteiger partial charge in [0.25, 0.3) is 5.91 Å². The summed E-state index contributed by atoms with van der Waals surface area (Å²) in [6, 6.07) is 13.6. The number of hydrogen-bond donors (Lipinski definition) is 2. The smallest absolute Gasteiger partial charge is 0.307 e. The van der Waals surface area contributed by atoms with Crippen molar-refractivity contribution in [2.24, 2.45) is 0 Å². The number of Topliss-reactive ketones (excluding diaryl/α,β-unsaturated/α-hetero) is 1. The molecular formula is C30H27F2N3O5. The van der Waals surface area contributed by atoms with E-state index in [9.17, 15) is 23.2 Å². The number of aryl methyl sites for hydroxylation is 1. The van der Waals surface area contributed by atoms with Gasteiger partial charge in [-0.25, -0.2) is 8.78 Å². The summed E-state index contributed by atoms with van der Waals surface area (Å²) in [6.07, 6.45) is 2.88. The zero-order chi connectivity index (χ0) is 28.6. The lowest BCUT2D eigenvalue weighted by molar-refractivity contribution is -0.140. The maximum atomic E-state index is 14.8. The zero-order valence-corrected chi connectivity index (χ0v) is 21.9. The van der Waals surface area contributed by atoms with Crippen molar-refractivity contribution in [1.82, 2.24) is 15.3 Å². The fraction of sp³-hybridized carbons (Fsp3) is 0.200. The minimum absolute atomic E-state index is 0.0576. The summed E-state index contributed by atoms with van der Waals surface area (Å²) >= 11 is 0. The fourth-order valence-electron chi connectivity index (χ4n) is 3.98. The Bertz CT molecular complexity index is 1550. The highest BCUT2D eigenvalue weighted by Gasteiger charge is 2.14. The molecule has 0 unspecified atom stereocenters. The normalized spacial score (nSPS) is 10.7. The number of nitrogens with zero attached hydrogens (tertiary/aromatic N) is 1. The van der Waals surface area contributed by atoms with Crippen molar-refractivity contribution in [3.8, 4) is 22.8 Å². The van der Waals surface area contributed by atoms with Crippen molar-refractivity contribution in [2.45, 2.75) is 26.2 Å². The summed E-state index contributed by atoms with van der Waals surface area (Å²) in [5, 5.41) is 2.62. The number of rotatable bonds is 11. The average molecular weight is 548 g/mol. The number of methoxy groups -OCH3 is 1. The Hall–Kier alpha value is -4.86. The lowest BCUT2D eigenvalue weighted by Gasteiger charge is -2.09. The molecule has 206 valence electrons.